The molecule has 1 saturated heterocycles. The van der Waals surface area contributed by atoms with Crippen LogP contribution in [0.3, 0.4) is 0 Å². The maximum Gasteiger partial charge on any atom is 0.152 e. The Hall–Kier alpha value is -2.36. The van der Waals surface area contributed by atoms with E-state index in [0.29, 0.717) is 25.6 Å². The first-order valence-electron chi connectivity index (χ1n) is 6.85. The summed E-state index contributed by atoms with van der Waals surface area (Å²) < 4.78 is 5.27. The van der Waals surface area contributed by atoms with Crippen LogP contribution in [0.25, 0.3) is 16.6 Å². The Bertz CT molecular complexity index is 675. The molecule has 6 nitrogen and oxygen atoms in total. The van der Waals surface area contributed by atoms with Crippen molar-refractivity contribution in [1.82, 2.24) is 14.9 Å². The molecular weight excluding hydrogens is 268 g/mol. The van der Waals surface area contributed by atoms with Gasteiger partial charge in [0.15, 0.2) is 5.82 Å². The number of rotatable bonds is 3. The quantitative estimate of drug-likeness (QED) is 0.661. The third-order valence-corrected chi connectivity index (χ3v) is 3.50. The standard InChI is InChI=1S/C15H16N4O2/c16-9-11(14(20)10-19-5-7-21-8-6-19)15-17-12-3-1-2-4-13(12)18-15/h1-4,20H,5-8,10H2,(H,17,18)/b14-11-. The molecule has 2 heterocycles. The number of aromatic nitrogens is 2. The highest BCUT2D eigenvalue weighted by atomic mass is 16.5. The lowest BCUT2D eigenvalue weighted by molar-refractivity contribution is 0.0381. The van der Waals surface area contributed by atoms with Crippen LogP contribution in [0.4, 0.5) is 0 Å². The number of aliphatic hydroxyl groups is 1. The number of nitriles is 1. The number of hydrogen-bond donors (Lipinski definition) is 2. The molecule has 0 amide bonds. The minimum Gasteiger partial charge on any atom is -0.509 e. The van der Waals surface area contributed by atoms with Crippen LogP contribution in [0.2, 0.25) is 0 Å². The summed E-state index contributed by atoms with van der Waals surface area (Å²) in [4.78, 5) is 9.48. The third kappa shape index (κ3) is 2.89. The highest BCUT2D eigenvalue weighted by Crippen LogP contribution is 2.19. The van der Waals surface area contributed by atoms with Gasteiger partial charge in [-0.05, 0) is 12.1 Å². The number of para-hydroxylation sites is 2. The van der Waals surface area contributed by atoms with Crippen molar-refractivity contribution in [2.24, 2.45) is 0 Å². The summed E-state index contributed by atoms with van der Waals surface area (Å²) in [5.41, 5.74) is 1.82. The fraction of sp³-hybridized carbons (Fsp3) is 0.333. The first kappa shape index (κ1) is 13.6. The van der Waals surface area contributed by atoms with E-state index >= 15 is 0 Å². The summed E-state index contributed by atoms with van der Waals surface area (Å²) in [7, 11) is 0. The third-order valence-electron chi connectivity index (χ3n) is 3.50. The molecule has 6 heteroatoms. The molecule has 2 N–H and O–H groups in total. The highest BCUT2D eigenvalue weighted by Gasteiger charge is 2.17. The SMILES string of the molecule is N#C/C(=C(/O)CN1CCOCC1)c1nc2ccccc2[nH]1. The van der Waals surface area contributed by atoms with Gasteiger partial charge in [-0.2, -0.15) is 5.26 Å². The Morgan fingerprint density at radius 1 is 1.38 bits per heavy atom. The van der Waals surface area contributed by atoms with Gasteiger partial charge in [-0.15, -0.1) is 0 Å². The summed E-state index contributed by atoms with van der Waals surface area (Å²) in [6.07, 6.45) is 0. The number of ether oxygens (including phenoxy) is 1. The number of benzene rings is 1. The first-order valence-corrected chi connectivity index (χ1v) is 6.85. The number of nitrogens with one attached hydrogen (secondary N) is 1. The lowest BCUT2D eigenvalue weighted by Gasteiger charge is -2.26. The van der Waals surface area contributed by atoms with Crippen molar-refractivity contribution >= 4 is 16.6 Å². The number of fused-ring (bicyclic) bond motifs is 1. The molecule has 1 aromatic heterocycles. The van der Waals surface area contributed by atoms with E-state index in [2.05, 4.69) is 14.9 Å². The van der Waals surface area contributed by atoms with Crippen molar-refractivity contribution in [1.29, 1.82) is 5.26 Å². The summed E-state index contributed by atoms with van der Waals surface area (Å²) in [6.45, 7) is 3.15. The van der Waals surface area contributed by atoms with Gasteiger partial charge in [-0.3, -0.25) is 4.90 Å². The lowest BCUT2D eigenvalue weighted by atomic mass is 10.2. The van der Waals surface area contributed by atoms with Gasteiger partial charge in [0.1, 0.15) is 17.4 Å². The smallest absolute Gasteiger partial charge is 0.152 e. The second-order valence-electron chi connectivity index (χ2n) is 4.92. The molecule has 108 valence electrons. The Kier molecular flexibility index (Phi) is 3.86. The van der Waals surface area contributed by atoms with Crippen LogP contribution in [0, 0.1) is 11.3 Å². The molecule has 0 radical (unpaired) electrons. The van der Waals surface area contributed by atoms with Crippen LogP contribution in [0.1, 0.15) is 5.82 Å². The van der Waals surface area contributed by atoms with Crippen molar-refractivity contribution < 1.29 is 9.84 Å². The van der Waals surface area contributed by atoms with Gasteiger partial charge in [0, 0.05) is 13.1 Å². The van der Waals surface area contributed by atoms with Crippen molar-refractivity contribution in [3.8, 4) is 6.07 Å². The zero-order chi connectivity index (χ0) is 14.7. The Labute approximate surface area is 122 Å². The van der Waals surface area contributed by atoms with Crippen LogP contribution in [-0.4, -0.2) is 52.8 Å². The van der Waals surface area contributed by atoms with Crippen molar-refractivity contribution in [3.63, 3.8) is 0 Å². The molecule has 21 heavy (non-hydrogen) atoms. The average Bonchev–Trinajstić information content (AvgIpc) is 2.92. The molecule has 1 aromatic carbocycles. The molecule has 3 rings (SSSR count). The van der Waals surface area contributed by atoms with E-state index in [9.17, 15) is 10.4 Å². The van der Waals surface area contributed by atoms with Gasteiger partial charge < -0.3 is 14.8 Å². The summed E-state index contributed by atoms with van der Waals surface area (Å²) in [5.74, 6) is 0.447. The fourth-order valence-electron chi connectivity index (χ4n) is 2.38. The largest absolute Gasteiger partial charge is 0.509 e. The molecule has 2 aromatic rings. The number of imidazole rings is 1. The number of H-pyrrole nitrogens is 1. The topological polar surface area (TPSA) is 85.2 Å². The van der Waals surface area contributed by atoms with E-state index in [0.717, 1.165) is 24.1 Å². The van der Waals surface area contributed by atoms with Crippen LogP contribution < -0.4 is 0 Å². The normalized spacial score (nSPS) is 17.5. The number of aromatic amines is 1. The average molecular weight is 284 g/mol. The molecule has 0 spiro atoms. The monoisotopic (exact) mass is 284 g/mol. The van der Waals surface area contributed by atoms with Crippen LogP contribution in [-0.2, 0) is 4.74 Å². The Balaban J connectivity index is 1.88. The number of hydrogen-bond acceptors (Lipinski definition) is 5. The molecule has 0 saturated carbocycles. The Morgan fingerprint density at radius 2 is 2.14 bits per heavy atom. The van der Waals surface area contributed by atoms with Crippen molar-refractivity contribution in [2.75, 3.05) is 32.8 Å². The molecule has 1 aliphatic heterocycles. The van der Waals surface area contributed by atoms with Gasteiger partial charge in [0.05, 0.1) is 30.8 Å². The molecule has 0 bridgehead atoms. The van der Waals surface area contributed by atoms with Gasteiger partial charge >= 0.3 is 0 Å². The second-order valence-corrected chi connectivity index (χ2v) is 4.92. The first-order chi connectivity index (χ1) is 10.3. The van der Waals surface area contributed by atoms with Gasteiger partial charge in [-0.1, -0.05) is 12.1 Å². The van der Waals surface area contributed by atoms with Crippen LogP contribution >= 0.6 is 0 Å². The van der Waals surface area contributed by atoms with E-state index < -0.39 is 0 Å². The lowest BCUT2D eigenvalue weighted by Crippen LogP contribution is -2.37. The highest BCUT2D eigenvalue weighted by molar-refractivity contribution is 5.82. The summed E-state index contributed by atoms with van der Waals surface area (Å²) in [6, 6.07) is 9.58. The van der Waals surface area contributed by atoms with E-state index in [4.69, 9.17) is 4.74 Å². The summed E-state index contributed by atoms with van der Waals surface area (Å²) in [5, 5.41) is 19.6. The van der Waals surface area contributed by atoms with E-state index in [1.807, 2.05) is 30.3 Å². The van der Waals surface area contributed by atoms with E-state index in [1.54, 1.807) is 0 Å². The zero-order valence-corrected chi connectivity index (χ0v) is 11.5. The van der Waals surface area contributed by atoms with Crippen molar-refractivity contribution in [2.45, 2.75) is 0 Å². The maximum absolute atomic E-state index is 10.3. The molecule has 1 aliphatic rings. The number of nitrogens with zero attached hydrogens (tertiary/aromatic N) is 3. The predicted molar refractivity (Wildman–Crippen MR) is 78.5 cm³/mol. The number of morpholine rings is 1. The molecule has 0 atom stereocenters. The Morgan fingerprint density at radius 3 is 2.86 bits per heavy atom. The minimum atomic E-state index is 0.0402. The number of allylic oxidation sites excluding steroid dienone is 1. The van der Waals surface area contributed by atoms with E-state index in [-0.39, 0.29) is 11.3 Å². The summed E-state index contributed by atoms with van der Waals surface area (Å²) >= 11 is 0. The van der Waals surface area contributed by atoms with Crippen LogP contribution in [0.15, 0.2) is 30.0 Å². The molecule has 0 aliphatic carbocycles. The van der Waals surface area contributed by atoms with Crippen molar-refractivity contribution in [3.05, 3.63) is 35.8 Å². The molecular formula is C15H16N4O2. The molecule has 0 unspecified atom stereocenters. The zero-order valence-electron chi connectivity index (χ0n) is 11.5. The van der Waals surface area contributed by atoms with Gasteiger partial charge in [-0.25, -0.2) is 4.98 Å². The minimum absolute atomic E-state index is 0.0402. The predicted octanol–water partition coefficient (Wildman–Crippen LogP) is 1.69. The number of aliphatic hydroxyl groups excluding tert-OH is 1. The maximum atomic E-state index is 10.3. The molecule has 1 fully saturated rings. The second kappa shape index (κ2) is 5.95. The van der Waals surface area contributed by atoms with Gasteiger partial charge in [0.25, 0.3) is 0 Å². The van der Waals surface area contributed by atoms with Gasteiger partial charge in [0.2, 0.25) is 0 Å². The fourth-order valence-corrected chi connectivity index (χ4v) is 2.38. The van der Waals surface area contributed by atoms with Crippen LogP contribution in [0.5, 0.6) is 0 Å². The van der Waals surface area contributed by atoms with E-state index in [1.165, 1.54) is 0 Å².